The minimum Gasteiger partial charge on any atom is -0.397 e. The Morgan fingerprint density at radius 1 is 1.26 bits per heavy atom. The average Bonchev–Trinajstić information content (AvgIpc) is 2.89. The third kappa shape index (κ3) is 4.11. The molecule has 3 rings (SSSR count). The van der Waals surface area contributed by atoms with Gasteiger partial charge < -0.3 is 21.7 Å². The number of nitrogens with zero attached hydrogens (tertiary/aromatic N) is 1. The Morgan fingerprint density at radius 3 is 2.63 bits per heavy atom. The first-order chi connectivity index (χ1) is 12.7. The largest absolute Gasteiger partial charge is 0.397 e. The van der Waals surface area contributed by atoms with Gasteiger partial charge in [0, 0.05) is 29.9 Å². The molecular formula is C21H25FN4O. The molecule has 0 aliphatic carbocycles. The van der Waals surface area contributed by atoms with Crippen molar-refractivity contribution in [3.05, 3.63) is 70.7 Å². The molecule has 1 amide bonds. The van der Waals surface area contributed by atoms with Crippen molar-refractivity contribution in [2.75, 3.05) is 11.9 Å². The quantitative estimate of drug-likeness (QED) is 0.756. The molecule has 2 aromatic rings. The van der Waals surface area contributed by atoms with Crippen LogP contribution in [0.2, 0.25) is 0 Å². The molecule has 1 aliphatic rings. The molecule has 1 aliphatic heterocycles. The van der Waals surface area contributed by atoms with Crippen LogP contribution in [0.25, 0.3) is 5.70 Å². The van der Waals surface area contributed by atoms with Crippen LogP contribution >= 0.6 is 0 Å². The van der Waals surface area contributed by atoms with Crippen molar-refractivity contribution < 1.29 is 9.18 Å². The second-order valence-electron chi connectivity index (χ2n) is 7.67. The molecular weight excluding hydrogens is 343 g/mol. The highest BCUT2D eigenvalue weighted by Crippen LogP contribution is 2.27. The van der Waals surface area contributed by atoms with E-state index in [1.807, 2.05) is 26.0 Å². The lowest BCUT2D eigenvalue weighted by atomic mass is 10.0. The third-order valence-electron chi connectivity index (χ3n) is 4.49. The number of carbonyl (C=O) groups excluding carboxylic acids is 1. The predicted octanol–water partition coefficient (Wildman–Crippen LogP) is 3.28. The van der Waals surface area contributed by atoms with E-state index in [9.17, 15) is 9.18 Å². The second kappa shape index (κ2) is 7.04. The lowest BCUT2D eigenvalue weighted by Gasteiger charge is -2.26. The number of amides is 1. The maximum atomic E-state index is 13.8. The molecule has 0 spiro atoms. The summed E-state index contributed by atoms with van der Waals surface area (Å²) in [4.78, 5) is 14.3. The Hall–Kier alpha value is -2.86. The van der Waals surface area contributed by atoms with Crippen molar-refractivity contribution in [1.29, 1.82) is 0 Å². The molecule has 0 bridgehead atoms. The van der Waals surface area contributed by atoms with Gasteiger partial charge in [0.2, 0.25) is 0 Å². The van der Waals surface area contributed by atoms with Crippen LogP contribution in [0.4, 0.5) is 10.1 Å². The molecule has 2 aromatic carbocycles. The molecule has 0 fully saturated rings. The van der Waals surface area contributed by atoms with E-state index in [1.54, 1.807) is 36.1 Å². The van der Waals surface area contributed by atoms with Crippen LogP contribution in [0.5, 0.6) is 0 Å². The Kier molecular flexibility index (Phi) is 4.93. The number of benzene rings is 2. The van der Waals surface area contributed by atoms with Gasteiger partial charge in [-0.25, -0.2) is 4.39 Å². The van der Waals surface area contributed by atoms with Gasteiger partial charge in [-0.05, 0) is 56.2 Å². The molecule has 5 N–H and O–H groups in total. The van der Waals surface area contributed by atoms with Gasteiger partial charge in [0.05, 0.1) is 11.4 Å². The minimum absolute atomic E-state index is 0.0150. The highest BCUT2D eigenvalue weighted by atomic mass is 19.1. The van der Waals surface area contributed by atoms with Gasteiger partial charge in [0.25, 0.3) is 5.91 Å². The molecule has 0 aromatic heterocycles. The number of carbonyl (C=O) groups is 1. The van der Waals surface area contributed by atoms with Crippen molar-refractivity contribution in [2.45, 2.75) is 32.9 Å². The highest BCUT2D eigenvalue weighted by Gasteiger charge is 2.30. The van der Waals surface area contributed by atoms with Crippen LogP contribution < -0.4 is 16.8 Å². The summed E-state index contributed by atoms with van der Waals surface area (Å²) < 4.78 is 13.8. The molecule has 0 unspecified atom stereocenters. The van der Waals surface area contributed by atoms with E-state index in [0.29, 0.717) is 35.7 Å². The summed E-state index contributed by atoms with van der Waals surface area (Å²) in [5.74, 6) is -0.358. The number of hydrogen-bond acceptors (Lipinski definition) is 4. The molecule has 27 heavy (non-hydrogen) atoms. The van der Waals surface area contributed by atoms with Crippen LogP contribution in [0, 0.1) is 5.82 Å². The lowest BCUT2D eigenvalue weighted by Crippen LogP contribution is -2.45. The average molecular weight is 368 g/mol. The monoisotopic (exact) mass is 368 g/mol. The molecule has 0 radical (unpaired) electrons. The van der Waals surface area contributed by atoms with Crippen LogP contribution in [-0.2, 0) is 6.54 Å². The standard InChI is InChI=1S/C21H25FN4O/c1-13(25-18-7-5-4-6-17(18)22)19(23)14-8-9-16-15(10-14)11-26(20(16)27)12-21(2,3)24/h4-10,25H,11-12,23-24H2,1-3H3/b19-13-. The maximum absolute atomic E-state index is 13.8. The topological polar surface area (TPSA) is 84.4 Å². The van der Waals surface area contributed by atoms with Crippen molar-refractivity contribution in [1.82, 2.24) is 4.90 Å². The first-order valence-corrected chi connectivity index (χ1v) is 8.85. The fourth-order valence-corrected chi connectivity index (χ4v) is 3.22. The van der Waals surface area contributed by atoms with Gasteiger partial charge in [-0.3, -0.25) is 4.79 Å². The fourth-order valence-electron chi connectivity index (χ4n) is 3.22. The van der Waals surface area contributed by atoms with E-state index in [1.165, 1.54) is 6.07 Å². The summed E-state index contributed by atoms with van der Waals surface area (Å²) in [6, 6.07) is 12.0. The van der Waals surface area contributed by atoms with Crippen molar-refractivity contribution in [3.63, 3.8) is 0 Å². The Bertz CT molecular complexity index is 915. The number of para-hydroxylation sites is 1. The molecule has 0 saturated carbocycles. The zero-order valence-corrected chi connectivity index (χ0v) is 15.8. The van der Waals surface area contributed by atoms with Crippen LogP contribution in [0.1, 0.15) is 42.3 Å². The van der Waals surface area contributed by atoms with E-state index in [-0.39, 0.29) is 11.7 Å². The zero-order valence-electron chi connectivity index (χ0n) is 15.8. The van der Waals surface area contributed by atoms with Gasteiger partial charge in [-0.2, -0.15) is 0 Å². The van der Waals surface area contributed by atoms with Crippen LogP contribution in [-0.4, -0.2) is 22.9 Å². The number of fused-ring (bicyclic) bond motifs is 1. The van der Waals surface area contributed by atoms with Gasteiger partial charge in [0.1, 0.15) is 5.82 Å². The lowest BCUT2D eigenvalue weighted by molar-refractivity contribution is 0.0748. The zero-order chi connectivity index (χ0) is 19.8. The van der Waals surface area contributed by atoms with Gasteiger partial charge >= 0.3 is 0 Å². The minimum atomic E-state index is -0.459. The number of halogens is 1. The third-order valence-corrected chi connectivity index (χ3v) is 4.49. The first-order valence-electron chi connectivity index (χ1n) is 8.85. The summed E-state index contributed by atoms with van der Waals surface area (Å²) in [7, 11) is 0. The number of hydrogen-bond donors (Lipinski definition) is 3. The number of anilines is 1. The fraction of sp³-hybridized carbons (Fsp3) is 0.286. The number of allylic oxidation sites excluding steroid dienone is 1. The van der Waals surface area contributed by atoms with Crippen molar-refractivity contribution in [3.8, 4) is 0 Å². The molecule has 0 atom stereocenters. The predicted molar refractivity (Wildman–Crippen MR) is 106 cm³/mol. The van der Waals surface area contributed by atoms with Crippen molar-refractivity contribution in [2.24, 2.45) is 11.5 Å². The second-order valence-corrected chi connectivity index (χ2v) is 7.67. The van der Waals surface area contributed by atoms with E-state index in [2.05, 4.69) is 5.32 Å². The maximum Gasteiger partial charge on any atom is 0.254 e. The number of nitrogens with one attached hydrogen (secondary N) is 1. The normalized spacial score (nSPS) is 14.9. The molecule has 1 heterocycles. The number of nitrogens with two attached hydrogens (primary N) is 2. The molecule has 142 valence electrons. The Labute approximate surface area is 158 Å². The number of rotatable bonds is 5. The highest BCUT2D eigenvalue weighted by molar-refractivity contribution is 5.98. The smallest absolute Gasteiger partial charge is 0.254 e. The molecule has 6 heteroatoms. The summed E-state index contributed by atoms with van der Waals surface area (Å²) in [6.07, 6.45) is 0. The first kappa shape index (κ1) is 18.9. The summed E-state index contributed by atoms with van der Waals surface area (Å²) in [6.45, 7) is 6.58. The van der Waals surface area contributed by atoms with Crippen molar-refractivity contribution >= 4 is 17.3 Å². The summed E-state index contributed by atoms with van der Waals surface area (Å²) in [5.41, 5.74) is 15.8. The van der Waals surface area contributed by atoms with Crippen LogP contribution in [0.3, 0.4) is 0 Å². The Balaban J connectivity index is 1.84. The summed E-state index contributed by atoms with van der Waals surface area (Å²) in [5, 5.41) is 3.01. The van der Waals surface area contributed by atoms with Crippen LogP contribution in [0.15, 0.2) is 48.2 Å². The van der Waals surface area contributed by atoms with Gasteiger partial charge in [0.15, 0.2) is 0 Å². The van der Waals surface area contributed by atoms with E-state index in [0.717, 1.165) is 11.1 Å². The SMILES string of the molecule is C/C(Nc1ccccc1F)=C(/N)c1ccc2c(c1)CN(CC(C)(C)N)C2=O. The molecule has 0 saturated heterocycles. The summed E-state index contributed by atoms with van der Waals surface area (Å²) >= 11 is 0. The van der Waals surface area contributed by atoms with E-state index < -0.39 is 5.54 Å². The Morgan fingerprint density at radius 2 is 1.96 bits per heavy atom. The van der Waals surface area contributed by atoms with E-state index >= 15 is 0 Å². The van der Waals surface area contributed by atoms with E-state index in [4.69, 9.17) is 11.5 Å². The molecule has 5 nitrogen and oxygen atoms in total. The van der Waals surface area contributed by atoms with Gasteiger partial charge in [-0.1, -0.05) is 18.2 Å². The van der Waals surface area contributed by atoms with Gasteiger partial charge in [-0.15, -0.1) is 0 Å².